The Labute approximate surface area is 51.6 Å². The van der Waals surface area contributed by atoms with E-state index in [1.807, 2.05) is 0 Å². The van der Waals surface area contributed by atoms with E-state index in [2.05, 4.69) is 6.58 Å². The zero-order valence-electron chi connectivity index (χ0n) is 4.93. The molecule has 0 saturated carbocycles. The predicted molar refractivity (Wildman–Crippen MR) is 31.0 cm³/mol. The lowest BCUT2D eigenvalue weighted by Gasteiger charge is -1.87. The standard InChI is InChI=1S/C5H6FNO2/c1-3-5(6)4(2)7(8)9/h3H,1H2,2H3/b5-4-. The van der Waals surface area contributed by atoms with Crippen molar-refractivity contribution in [3.8, 4) is 0 Å². The van der Waals surface area contributed by atoms with Crippen LogP contribution in [-0.2, 0) is 0 Å². The van der Waals surface area contributed by atoms with Crippen molar-refractivity contribution in [2.24, 2.45) is 0 Å². The van der Waals surface area contributed by atoms with Crippen LogP contribution in [0.25, 0.3) is 0 Å². The maximum Gasteiger partial charge on any atom is 0.278 e. The molecular formula is C5H6FNO2. The summed E-state index contributed by atoms with van der Waals surface area (Å²) in [4.78, 5) is 8.96. The first kappa shape index (κ1) is 7.81. The maximum atomic E-state index is 12.1. The lowest BCUT2D eigenvalue weighted by molar-refractivity contribution is -0.426. The Bertz CT molecular complexity index is 174. The summed E-state index contributed by atoms with van der Waals surface area (Å²) in [7, 11) is 0. The van der Waals surface area contributed by atoms with Crippen LogP contribution in [0.15, 0.2) is 24.2 Å². The van der Waals surface area contributed by atoms with Crippen molar-refractivity contribution >= 4 is 0 Å². The molecule has 0 N–H and O–H groups in total. The largest absolute Gasteiger partial charge is 0.278 e. The highest BCUT2D eigenvalue weighted by Gasteiger charge is 2.07. The Morgan fingerprint density at radius 3 is 2.44 bits per heavy atom. The van der Waals surface area contributed by atoms with Crippen LogP contribution >= 0.6 is 0 Å². The fourth-order valence-corrected chi connectivity index (χ4v) is 0.235. The quantitative estimate of drug-likeness (QED) is 0.325. The Kier molecular flexibility index (Phi) is 2.57. The fraction of sp³-hybridized carbons (Fsp3) is 0.200. The third-order valence-electron chi connectivity index (χ3n) is 0.799. The molecule has 0 heterocycles. The third-order valence-corrected chi connectivity index (χ3v) is 0.799. The first-order valence-corrected chi connectivity index (χ1v) is 2.22. The van der Waals surface area contributed by atoms with Gasteiger partial charge in [0, 0.05) is 6.92 Å². The highest BCUT2D eigenvalue weighted by Crippen LogP contribution is 2.05. The number of nitro groups is 1. The number of allylic oxidation sites excluding steroid dienone is 3. The molecule has 9 heavy (non-hydrogen) atoms. The van der Waals surface area contributed by atoms with E-state index in [-0.39, 0.29) is 0 Å². The molecule has 0 aromatic rings. The van der Waals surface area contributed by atoms with Gasteiger partial charge in [0.25, 0.3) is 5.70 Å². The molecule has 0 radical (unpaired) electrons. The number of nitrogens with zero attached hydrogens (tertiary/aromatic N) is 1. The van der Waals surface area contributed by atoms with E-state index in [9.17, 15) is 14.5 Å². The van der Waals surface area contributed by atoms with Crippen LogP contribution in [0.2, 0.25) is 0 Å². The monoisotopic (exact) mass is 131 g/mol. The topological polar surface area (TPSA) is 43.1 Å². The molecule has 0 fully saturated rings. The second-order valence-corrected chi connectivity index (χ2v) is 1.39. The SMILES string of the molecule is C=C/C(F)=C(\C)[N+](=O)[O-]. The molecule has 0 aliphatic heterocycles. The molecule has 0 atom stereocenters. The van der Waals surface area contributed by atoms with Crippen LogP contribution in [-0.4, -0.2) is 4.92 Å². The molecule has 0 spiro atoms. The van der Waals surface area contributed by atoms with Gasteiger partial charge in [-0.15, -0.1) is 0 Å². The summed E-state index contributed by atoms with van der Waals surface area (Å²) in [5.41, 5.74) is -0.509. The molecule has 50 valence electrons. The van der Waals surface area contributed by atoms with Crippen molar-refractivity contribution in [1.82, 2.24) is 0 Å². The number of halogens is 1. The van der Waals surface area contributed by atoms with E-state index in [0.717, 1.165) is 13.0 Å². The van der Waals surface area contributed by atoms with Gasteiger partial charge in [-0.05, 0) is 6.08 Å². The fourth-order valence-electron chi connectivity index (χ4n) is 0.235. The number of hydrogen-bond acceptors (Lipinski definition) is 2. The molecule has 3 nitrogen and oxygen atoms in total. The Hall–Kier alpha value is -1.19. The van der Waals surface area contributed by atoms with Crippen LogP contribution in [0.5, 0.6) is 0 Å². The predicted octanol–water partition coefficient (Wildman–Crippen LogP) is 1.65. The van der Waals surface area contributed by atoms with Gasteiger partial charge in [-0.25, -0.2) is 0 Å². The van der Waals surface area contributed by atoms with Crippen LogP contribution in [0.3, 0.4) is 0 Å². The van der Waals surface area contributed by atoms with Gasteiger partial charge in [-0.3, -0.25) is 10.1 Å². The number of hydrogen-bond donors (Lipinski definition) is 0. The van der Waals surface area contributed by atoms with Crippen LogP contribution in [0.1, 0.15) is 6.92 Å². The van der Waals surface area contributed by atoms with Crippen molar-refractivity contribution in [3.05, 3.63) is 34.3 Å². The third kappa shape index (κ3) is 2.03. The first-order chi connectivity index (χ1) is 4.09. The van der Waals surface area contributed by atoms with E-state index < -0.39 is 16.4 Å². The Balaban J connectivity index is 4.47. The van der Waals surface area contributed by atoms with Crippen molar-refractivity contribution in [1.29, 1.82) is 0 Å². The summed E-state index contributed by atoms with van der Waals surface area (Å²) in [6.07, 6.45) is 0.804. The lowest BCUT2D eigenvalue weighted by Crippen LogP contribution is -1.94. The van der Waals surface area contributed by atoms with Crippen molar-refractivity contribution in [3.63, 3.8) is 0 Å². The minimum atomic E-state index is -0.889. The van der Waals surface area contributed by atoms with E-state index in [1.165, 1.54) is 0 Å². The molecular weight excluding hydrogens is 125 g/mol. The molecule has 0 bridgehead atoms. The molecule has 0 aliphatic rings. The summed E-state index contributed by atoms with van der Waals surface area (Å²) < 4.78 is 12.1. The Morgan fingerprint density at radius 2 is 2.33 bits per heavy atom. The summed E-state index contributed by atoms with van der Waals surface area (Å²) >= 11 is 0. The second kappa shape index (κ2) is 2.96. The molecule has 4 heteroatoms. The molecule has 0 saturated heterocycles. The average Bonchev–Trinajstić information content (AvgIpc) is 1.84. The molecule has 0 unspecified atom stereocenters. The maximum absolute atomic E-state index is 12.1. The summed E-state index contributed by atoms with van der Waals surface area (Å²) in [5.74, 6) is -0.889. The van der Waals surface area contributed by atoms with E-state index in [0.29, 0.717) is 0 Å². The van der Waals surface area contributed by atoms with E-state index >= 15 is 0 Å². The molecule has 0 aliphatic carbocycles. The first-order valence-electron chi connectivity index (χ1n) is 2.22. The molecule has 0 aromatic carbocycles. The molecule has 0 amide bonds. The van der Waals surface area contributed by atoms with E-state index in [4.69, 9.17) is 0 Å². The zero-order valence-corrected chi connectivity index (χ0v) is 4.93. The summed E-state index contributed by atoms with van der Waals surface area (Å²) in [5, 5.41) is 9.76. The van der Waals surface area contributed by atoms with Crippen LogP contribution in [0.4, 0.5) is 4.39 Å². The normalized spacial score (nSPS) is 12.2. The minimum Gasteiger partial charge on any atom is -0.259 e. The van der Waals surface area contributed by atoms with Crippen LogP contribution in [0, 0.1) is 10.1 Å². The Morgan fingerprint density at radius 1 is 1.89 bits per heavy atom. The molecule has 0 aromatic heterocycles. The van der Waals surface area contributed by atoms with Gasteiger partial charge in [0.15, 0.2) is 5.83 Å². The average molecular weight is 131 g/mol. The van der Waals surface area contributed by atoms with Crippen molar-refractivity contribution in [2.45, 2.75) is 6.92 Å². The van der Waals surface area contributed by atoms with Gasteiger partial charge >= 0.3 is 0 Å². The van der Waals surface area contributed by atoms with Crippen molar-refractivity contribution < 1.29 is 9.31 Å². The highest BCUT2D eigenvalue weighted by atomic mass is 19.1. The van der Waals surface area contributed by atoms with Gasteiger partial charge in [0.1, 0.15) is 0 Å². The second-order valence-electron chi connectivity index (χ2n) is 1.39. The van der Waals surface area contributed by atoms with Gasteiger partial charge in [-0.2, -0.15) is 4.39 Å². The van der Waals surface area contributed by atoms with E-state index in [1.54, 1.807) is 0 Å². The van der Waals surface area contributed by atoms with Crippen molar-refractivity contribution in [2.75, 3.05) is 0 Å². The smallest absolute Gasteiger partial charge is 0.259 e. The highest BCUT2D eigenvalue weighted by molar-refractivity contribution is 5.09. The lowest BCUT2D eigenvalue weighted by atomic mass is 10.4. The minimum absolute atomic E-state index is 0.509. The molecule has 0 rings (SSSR count). The summed E-state index contributed by atoms with van der Waals surface area (Å²) in [6, 6.07) is 0. The van der Waals surface area contributed by atoms with Gasteiger partial charge in [0.05, 0.1) is 4.92 Å². The van der Waals surface area contributed by atoms with Crippen LogP contribution < -0.4 is 0 Å². The zero-order chi connectivity index (χ0) is 7.44. The summed E-state index contributed by atoms with van der Waals surface area (Å²) in [6.45, 7) is 4.11. The van der Waals surface area contributed by atoms with Gasteiger partial charge < -0.3 is 0 Å². The van der Waals surface area contributed by atoms with Gasteiger partial charge in [0.2, 0.25) is 0 Å². The van der Waals surface area contributed by atoms with Gasteiger partial charge in [-0.1, -0.05) is 6.58 Å². The number of rotatable bonds is 2.